The molecule has 1 aliphatic rings. The Bertz CT molecular complexity index is 426. The van der Waals surface area contributed by atoms with Gasteiger partial charge in [0.25, 0.3) is 0 Å². The van der Waals surface area contributed by atoms with Crippen molar-refractivity contribution in [3.05, 3.63) is 24.3 Å². The second-order valence-corrected chi connectivity index (χ2v) is 5.17. The Morgan fingerprint density at radius 1 is 1.37 bits per heavy atom. The molecule has 1 fully saturated rings. The maximum atomic E-state index is 12.2. The quantitative estimate of drug-likeness (QED) is 0.875. The largest absolute Gasteiger partial charge is 0.497 e. The van der Waals surface area contributed by atoms with Gasteiger partial charge in [-0.25, -0.2) is 0 Å². The van der Waals surface area contributed by atoms with Crippen molar-refractivity contribution in [2.75, 3.05) is 19.0 Å². The maximum Gasteiger partial charge on any atom is 0.227 e. The molecule has 19 heavy (non-hydrogen) atoms. The second-order valence-electron chi connectivity index (χ2n) is 5.17. The number of anilines is 1. The standard InChI is InChI=1S/C15H22N2O2/c1-19-14-4-2-3-13(9-14)17-15(18)12-7-5-11(10-16)6-8-12/h2-4,9,11-12H,5-8,10,16H2,1H3,(H,17,18). The van der Waals surface area contributed by atoms with Gasteiger partial charge in [0, 0.05) is 17.7 Å². The first-order valence-electron chi connectivity index (χ1n) is 6.88. The van der Waals surface area contributed by atoms with Crippen LogP contribution in [0.4, 0.5) is 5.69 Å². The Hall–Kier alpha value is -1.55. The zero-order valence-electron chi connectivity index (χ0n) is 11.4. The molecule has 0 heterocycles. The molecule has 104 valence electrons. The molecule has 3 N–H and O–H groups in total. The molecular formula is C15H22N2O2. The number of methoxy groups -OCH3 is 1. The third-order valence-electron chi connectivity index (χ3n) is 3.89. The van der Waals surface area contributed by atoms with Gasteiger partial charge in [-0.3, -0.25) is 4.79 Å². The Morgan fingerprint density at radius 3 is 2.74 bits per heavy atom. The first kappa shape index (κ1) is 13.9. The molecular weight excluding hydrogens is 240 g/mol. The van der Waals surface area contributed by atoms with Crippen LogP contribution < -0.4 is 15.8 Å². The summed E-state index contributed by atoms with van der Waals surface area (Å²) in [5.74, 6) is 1.59. The number of carbonyl (C=O) groups is 1. The minimum Gasteiger partial charge on any atom is -0.497 e. The highest BCUT2D eigenvalue weighted by Crippen LogP contribution is 2.29. The van der Waals surface area contributed by atoms with Gasteiger partial charge in [0.2, 0.25) is 5.91 Å². The molecule has 0 bridgehead atoms. The van der Waals surface area contributed by atoms with Crippen molar-refractivity contribution in [3.8, 4) is 5.75 Å². The van der Waals surface area contributed by atoms with Crippen LogP contribution in [0.2, 0.25) is 0 Å². The number of benzene rings is 1. The number of ether oxygens (including phenoxy) is 1. The summed E-state index contributed by atoms with van der Waals surface area (Å²) in [5.41, 5.74) is 6.46. The lowest BCUT2D eigenvalue weighted by Gasteiger charge is -2.26. The van der Waals surface area contributed by atoms with Crippen molar-refractivity contribution in [2.45, 2.75) is 25.7 Å². The average Bonchev–Trinajstić information content (AvgIpc) is 2.47. The Morgan fingerprint density at radius 2 is 2.11 bits per heavy atom. The predicted octanol–water partition coefficient (Wildman–Crippen LogP) is 2.40. The normalized spacial score (nSPS) is 22.8. The van der Waals surface area contributed by atoms with E-state index in [1.807, 2.05) is 24.3 Å². The molecule has 1 aromatic rings. The van der Waals surface area contributed by atoms with E-state index in [9.17, 15) is 4.79 Å². The summed E-state index contributed by atoms with van der Waals surface area (Å²) in [6, 6.07) is 7.46. The van der Waals surface area contributed by atoms with E-state index in [-0.39, 0.29) is 11.8 Å². The summed E-state index contributed by atoms with van der Waals surface area (Å²) in [6.07, 6.45) is 4.01. The molecule has 0 aromatic heterocycles. The summed E-state index contributed by atoms with van der Waals surface area (Å²) in [5, 5.41) is 2.97. The zero-order chi connectivity index (χ0) is 13.7. The molecule has 0 atom stereocenters. The summed E-state index contributed by atoms with van der Waals surface area (Å²) < 4.78 is 5.15. The van der Waals surface area contributed by atoms with Crippen molar-refractivity contribution < 1.29 is 9.53 Å². The van der Waals surface area contributed by atoms with Gasteiger partial charge in [0.05, 0.1) is 7.11 Å². The van der Waals surface area contributed by atoms with E-state index in [0.29, 0.717) is 5.92 Å². The molecule has 0 unspecified atom stereocenters. The predicted molar refractivity (Wildman–Crippen MR) is 76.1 cm³/mol. The number of amides is 1. The minimum absolute atomic E-state index is 0.115. The Balaban J connectivity index is 1.90. The summed E-state index contributed by atoms with van der Waals surface area (Å²) >= 11 is 0. The molecule has 1 aliphatic carbocycles. The number of nitrogens with one attached hydrogen (secondary N) is 1. The van der Waals surface area contributed by atoms with Gasteiger partial charge >= 0.3 is 0 Å². The fourth-order valence-corrected chi connectivity index (χ4v) is 2.61. The van der Waals surface area contributed by atoms with Crippen molar-refractivity contribution in [1.82, 2.24) is 0 Å². The lowest BCUT2D eigenvalue weighted by molar-refractivity contribution is -0.121. The SMILES string of the molecule is COc1cccc(NC(=O)C2CCC(CN)CC2)c1. The van der Waals surface area contributed by atoms with Crippen LogP contribution in [-0.4, -0.2) is 19.6 Å². The van der Waals surface area contributed by atoms with Crippen molar-refractivity contribution in [1.29, 1.82) is 0 Å². The minimum atomic E-state index is 0.115. The zero-order valence-corrected chi connectivity index (χ0v) is 11.4. The van der Waals surface area contributed by atoms with E-state index in [2.05, 4.69) is 5.32 Å². The Kier molecular flexibility index (Phi) is 4.80. The topological polar surface area (TPSA) is 64.3 Å². The number of rotatable bonds is 4. The fourth-order valence-electron chi connectivity index (χ4n) is 2.61. The number of carbonyl (C=O) groups excluding carboxylic acids is 1. The van der Waals surface area contributed by atoms with E-state index in [1.54, 1.807) is 7.11 Å². The monoisotopic (exact) mass is 262 g/mol. The van der Waals surface area contributed by atoms with E-state index < -0.39 is 0 Å². The molecule has 0 saturated heterocycles. The van der Waals surface area contributed by atoms with Crippen molar-refractivity contribution in [2.24, 2.45) is 17.6 Å². The van der Waals surface area contributed by atoms with Gasteiger partial charge in [-0.2, -0.15) is 0 Å². The van der Waals surface area contributed by atoms with Crippen LogP contribution >= 0.6 is 0 Å². The van der Waals surface area contributed by atoms with Crippen LogP contribution in [0.5, 0.6) is 5.75 Å². The lowest BCUT2D eigenvalue weighted by atomic mass is 9.81. The molecule has 0 spiro atoms. The molecule has 1 aromatic carbocycles. The summed E-state index contributed by atoms with van der Waals surface area (Å²) in [4.78, 5) is 12.2. The molecule has 4 heteroatoms. The highest BCUT2D eigenvalue weighted by atomic mass is 16.5. The molecule has 1 saturated carbocycles. The highest BCUT2D eigenvalue weighted by Gasteiger charge is 2.25. The number of hydrogen-bond acceptors (Lipinski definition) is 3. The third-order valence-corrected chi connectivity index (χ3v) is 3.89. The van der Waals surface area contributed by atoms with Gasteiger partial charge in [-0.05, 0) is 50.3 Å². The van der Waals surface area contributed by atoms with Gasteiger partial charge < -0.3 is 15.8 Å². The number of nitrogens with two attached hydrogens (primary N) is 1. The molecule has 4 nitrogen and oxygen atoms in total. The summed E-state index contributed by atoms with van der Waals surface area (Å²) in [7, 11) is 1.62. The smallest absolute Gasteiger partial charge is 0.227 e. The third kappa shape index (κ3) is 3.70. The second kappa shape index (κ2) is 6.57. The van der Waals surface area contributed by atoms with Crippen molar-refractivity contribution in [3.63, 3.8) is 0 Å². The van der Waals surface area contributed by atoms with E-state index in [4.69, 9.17) is 10.5 Å². The molecule has 0 aliphatic heterocycles. The lowest BCUT2D eigenvalue weighted by Crippen LogP contribution is -2.29. The van der Waals surface area contributed by atoms with Crippen LogP contribution in [-0.2, 0) is 4.79 Å². The van der Waals surface area contributed by atoms with Crippen LogP contribution in [0, 0.1) is 11.8 Å². The van der Waals surface area contributed by atoms with Gasteiger partial charge in [0.1, 0.15) is 5.75 Å². The first-order valence-corrected chi connectivity index (χ1v) is 6.88. The average molecular weight is 262 g/mol. The van der Waals surface area contributed by atoms with E-state index in [1.165, 1.54) is 0 Å². The first-order chi connectivity index (χ1) is 9.22. The van der Waals surface area contributed by atoms with Crippen LogP contribution in [0.15, 0.2) is 24.3 Å². The maximum absolute atomic E-state index is 12.2. The van der Waals surface area contributed by atoms with Gasteiger partial charge in [-0.1, -0.05) is 6.07 Å². The molecule has 1 amide bonds. The van der Waals surface area contributed by atoms with Crippen LogP contribution in [0.25, 0.3) is 0 Å². The highest BCUT2D eigenvalue weighted by molar-refractivity contribution is 5.92. The van der Waals surface area contributed by atoms with Gasteiger partial charge in [0.15, 0.2) is 0 Å². The van der Waals surface area contributed by atoms with E-state index >= 15 is 0 Å². The van der Waals surface area contributed by atoms with Crippen LogP contribution in [0.1, 0.15) is 25.7 Å². The Labute approximate surface area is 114 Å². The fraction of sp³-hybridized carbons (Fsp3) is 0.533. The van der Waals surface area contributed by atoms with E-state index in [0.717, 1.165) is 43.7 Å². The van der Waals surface area contributed by atoms with Crippen molar-refractivity contribution >= 4 is 11.6 Å². The number of hydrogen-bond donors (Lipinski definition) is 2. The molecule has 2 rings (SSSR count). The van der Waals surface area contributed by atoms with Gasteiger partial charge in [-0.15, -0.1) is 0 Å². The molecule has 0 radical (unpaired) electrons. The summed E-state index contributed by atoms with van der Waals surface area (Å²) in [6.45, 7) is 0.740. The van der Waals surface area contributed by atoms with Crippen LogP contribution in [0.3, 0.4) is 0 Å².